The molecular formula is C14H27BrO2S. The largest absolute Gasteiger partial charge is 0.465 e. The molecule has 0 saturated carbocycles. The van der Waals surface area contributed by atoms with Gasteiger partial charge in [-0.2, -0.15) is 12.6 Å². The van der Waals surface area contributed by atoms with Crippen molar-refractivity contribution in [2.24, 2.45) is 0 Å². The average Bonchev–Trinajstić information content (AvgIpc) is 2.30. The average molecular weight is 339 g/mol. The normalized spacial score (nSPS) is 11.6. The molecule has 0 saturated heterocycles. The van der Waals surface area contributed by atoms with Crippen LogP contribution in [0.2, 0.25) is 0 Å². The maximum Gasteiger partial charge on any atom is 0.322 e. The fourth-order valence-corrected chi connectivity index (χ4v) is 1.95. The molecule has 0 spiro atoms. The molecule has 0 aliphatic rings. The second kappa shape index (κ2) is 11.2. The molecule has 0 N–H and O–H groups in total. The molecule has 0 atom stereocenters. The lowest BCUT2D eigenvalue weighted by Crippen LogP contribution is -2.26. The number of thiol groups is 1. The molecule has 0 fully saturated rings. The van der Waals surface area contributed by atoms with Gasteiger partial charge in [-0.3, -0.25) is 4.79 Å². The van der Waals surface area contributed by atoms with Gasteiger partial charge in [0.1, 0.15) is 4.32 Å². The molecule has 0 aromatic rings. The van der Waals surface area contributed by atoms with E-state index in [0.29, 0.717) is 6.61 Å². The Bertz CT molecular complexity index is 214. The van der Waals surface area contributed by atoms with Gasteiger partial charge in [-0.15, -0.1) is 0 Å². The van der Waals surface area contributed by atoms with Gasteiger partial charge in [0.25, 0.3) is 0 Å². The Morgan fingerprint density at radius 2 is 1.44 bits per heavy atom. The van der Waals surface area contributed by atoms with E-state index in [9.17, 15) is 4.79 Å². The minimum atomic E-state index is -0.556. The van der Waals surface area contributed by atoms with Crippen LogP contribution in [0.1, 0.15) is 65.2 Å². The van der Waals surface area contributed by atoms with Crippen LogP contribution in [0.15, 0.2) is 0 Å². The van der Waals surface area contributed by atoms with Crippen LogP contribution in [0.25, 0.3) is 0 Å². The zero-order valence-electron chi connectivity index (χ0n) is 11.7. The first-order valence-corrected chi connectivity index (χ1v) is 8.38. The number of carbonyl (C=O) groups excluding carboxylic acids is 1. The summed E-state index contributed by atoms with van der Waals surface area (Å²) < 4.78 is 4.62. The van der Waals surface area contributed by atoms with Crippen molar-refractivity contribution in [3.05, 3.63) is 0 Å². The third kappa shape index (κ3) is 11.4. The van der Waals surface area contributed by atoms with E-state index in [1.807, 2.05) is 0 Å². The van der Waals surface area contributed by atoms with E-state index in [1.165, 1.54) is 38.5 Å². The number of carbonyl (C=O) groups is 1. The second-order valence-corrected chi connectivity index (χ2v) is 7.59. The number of hydrogen-bond acceptors (Lipinski definition) is 3. The Hall–Kier alpha value is 0.300. The van der Waals surface area contributed by atoms with Crippen molar-refractivity contribution in [2.75, 3.05) is 12.4 Å². The van der Waals surface area contributed by atoms with Gasteiger partial charge in [0, 0.05) is 0 Å². The molecule has 2 nitrogen and oxygen atoms in total. The molecule has 0 unspecified atom stereocenters. The first-order valence-electron chi connectivity index (χ1n) is 6.95. The van der Waals surface area contributed by atoms with Crippen LogP contribution >= 0.6 is 28.6 Å². The van der Waals surface area contributed by atoms with Crippen LogP contribution in [-0.2, 0) is 9.53 Å². The van der Waals surface area contributed by atoms with Crippen LogP contribution in [0, 0.1) is 0 Å². The van der Waals surface area contributed by atoms with E-state index >= 15 is 0 Å². The molecule has 0 aliphatic carbocycles. The standard InChI is InChI=1S/C14H27BrO2S/c1-14(2,15)13(16)17-11-9-7-5-3-4-6-8-10-12-18/h18H,3-12H2,1-2H3. The summed E-state index contributed by atoms with van der Waals surface area (Å²) in [6.45, 7) is 4.16. The molecular weight excluding hydrogens is 312 g/mol. The van der Waals surface area contributed by atoms with E-state index in [4.69, 9.17) is 4.74 Å². The summed E-state index contributed by atoms with van der Waals surface area (Å²) in [5, 5.41) is 0. The molecule has 0 radical (unpaired) electrons. The molecule has 18 heavy (non-hydrogen) atoms. The van der Waals surface area contributed by atoms with E-state index in [-0.39, 0.29) is 5.97 Å². The SMILES string of the molecule is CC(C)(Br)C(=O)OCCCCCCCCCCS. The molecule has 108 valence electrons. The number of esters is 1. The third-order valence-corrected chi connectivity index (χ3v) is 3.41. The predicted octanol–water partition coefficient (Wildman–Crippen LogP) is 4.75. The fraction of sp³-hybridized carbons (Fsp3) is 0.929. The molecule has 0 rings (SSSR count). The maximum atomic E-state index is 11.4. The van der Waals surface area contributed by atoms with Crippen LogP contribution in [0.4, 0.5) is 0 Å². The lowest BCUT2D eigenvalue weighted by molar-refractivity contribution is -0.145. The highest BCUT2D eigenvalue weighted by molar-refractivity contribution is 9.10. The van der Waals surface area contributed by atoms with Crippen LogP contribution in [0.3, 0.4) is 0 Å². The Morgan fingerprint density at radius 1 is 1.00 bits per heavy atom. The molecule has 0 aromatic carbocycles. The predicted molar refractivity (Wildman–Crippen MR) is 84.8 cm³/mol. The summed E-state index contributed by atoms with van der Waals surface area (Å²) in [7, 11) is 0. The summed E-state index contributed by atoms with van der Waals surface area (Å²) in [6.07, 6.45) is 9.87. The molecule has 0 bridgehead atoms. The van der Waals surface area contributed by atoms with E-state index in [1.54, 1.807) is 13.8 Å². The van der Waals surface area contributed by atoms with Gasteiger partial charge in [-0.1, -0.05) is 54.5 Å². The highest BCUT2D eigenvalue weighted by atomic mass is 79.9. The van der Waals surface area contributed by atoms with Gasteiger partial charge in [0.2, 0.25) is 0 Å². The Labute approximate surface area is 126 Å². The smallest absolute Gasteiger partial charge is 0.322 e. The van der Waals surface area contributed by atoms with Crippen molar-refractivity contribution in [2.45, 2.75) is 69.5 Å². The van der Waals surface area contributed by atoms with Gasteiger partial charge in [0.15, 0.2) is 0 Å². The Kier molecular flexibility index (Phi) is 11.3. The van der Waals surface area contributed by atoms with E-state index < -0.39 is 4.32 Å². The van der Waals surface area contributed by atoms with E-state index in [0.717, 1.165) is 18.6 Å². The fourth-order valence-electron chi connectivity index (χ4n) is 1.61. The summed E-state index contributed by atoms with van der Waals surface area (Å²) >= 11 is 7.48. The van der Waals surface area contributed by atoms with Gasteiger partial charge >= 0.3 is 5.97 Å². The van der Waals surface area contributed by atoms with Crippen LogP contribution < -0.4 is 0 Å². The molecule has 0 aliphatic heterocycles. The van der Waals surface area contributed by atoms with Crippen molar-refractivity contribution in [3.63, 3.8) is 0 Å². The molecule has 0 aromatic heterocycles. The van der Waals surface area contributed by atoms with Crippen LogP contribution in [-0.4, -0.2) is 22.7 Å². The number of ether oxygens (including phenoxy) is 1. The number of alkyl halides is 1. The van der Waals surface area contributed by atoms with E-state index in [2.05, 4.69) is 28.6 Å². The second-order valence-electron chi connectivity index (χ2n) is 5.16. The first-order chi connectivity index (χ1) is 8.48. The lowest BCUT2D eigenvalue weighted by Gasteiger charge is -2.14. The zero-order chi connectivity index (χ0) is 13.9. The number of halogens is 1. The van der Waals surface area contributed by atoms with Crippen molar-refractivity contribution in [1.82, 2.24) is 0 Å². The van der Waals surface area contributed by atoms with Crippen LogP contribution in [0.5, 0.6) is 0 Å². The topological polar surface area (TPSA) is 26.3 Å². The Balaban J connectivity index is 3.19. The molecule has 4 heteroatoms. The number of hydrogen-bond donors (Lipinski definition) is 1. The first kappa shape index (κ1) is 18.3. The highest BCUT2D eigenvalue weighted by Crippen LogP contribution is 2.17. The zero-order valence-corrected chi connectivity index (χ0v) is 14.2. The highest BCUT2D eigenvalue weighted by Gasteiger charge is 2.24. The minimum absolute atomic E-state index is 0.172. The summed E-state index contributed by atoms with van der Waals surface area (Å²) in [6, 6.07) is 0. The lowest BCUT2D eigenvalue weighted by atomic mass is 10.1. The summed E-state index contributed by atoms with van der Waals surface area (Å²) in [4.78, 5) is 11.4. The molecule has 0 heterocycles. The minimum Gasteiger partial charge on any atom is -0.465 e. The van der Waals surface area contributed by atoms with Crippen molar-refractivity contribution >= 4 is 34.5 Å². The number of rotatable bonds is 11. The van der Waals surface area contributed by atoms with Gasteiger partial charge in [-0.05, 0) is 32.4 Å². The van der Waals surface area contributed by atoms with Crippen molar-refractivity contribution in [1.29, 1.82) is 0 Å². The molecule has 0 amide bonds. The third-order valence-electron chi connectivity index (χ3n) is 2.77. The van der Waals surface area contributed by atoms with Gasteiger partial charge in [-0.25, -0.2) is 0 Å². The Morgan fingerprint density at radius 3 is 1.89 bits per heavy atom. The summed E-state index contributed by atoms with van der Waals surface area (Å²) in [5.41, 5.74) is 0. The monoisotopic (exact) mass is 338 g/mol. The quantitative estimate of drug-likeness (QED) is 0.254. The maximum absolute atomic E-state index is 11.4. The summed E-state index contributed by atoms with van der Waals surface area (Å²) in [5.74, 6) is 0.837. The van der Waals surface area contributed by atoms with Gasteiger partial charge in [0.05, 0.1) is 6.61 Å². The van der Waals surface area contributed by atoms with Gasteiger partial charge < -0.3 is 4.74 Å². The number of unbranched alkanes of at least 4 members (excludes halogenated alkanes) is 7. The van der Waals surface area contributed by atoms with Crippen molar-refractivity contribution < 1.29 is 9.53 Å². The van der Waals surface area contributed by atoms with Crippen molar-refractivity contribution in [3.8, 4) is 0 Å².